The highest BCUT2D eigenvalue weighted by atomic mass is 16.2. The molecule has 134 valence electrons. The maximum atomic E-state index is 12.8. The van der Waals surface area contributed by atoms with Gasteiger partial charge >= 0.3 is 0 Å². The molecule has 0 spiro atoms. The summed E-state index contributed by atoms with van der Waals surface area (Å²) in [5, 5.41) is 15.8. The van der Waals surface area contributed by atoms with Crippen LogP contribution in [0.4, 0.5) is 0 Å². The standard InChI is InChI=1S/C20H18N6O/c27-20(21-13-18-23-22-17-11-4-5-12-25(17)18)19-15-9-6-10-16(15)26(24-19)14-7-2-1-3-8-14/h1-5,7-8,11-12H,6,9-10,13H2,(H,21,27). The van der Waals surface area contributed by atoms with E-state index >= 15 is 0 Å². The summed E-state index contributed by atoms with van der Waals surface area (Å²) in [5.74, 6) is 0.522. The Kier molecular flexibility index (Phi) is 3.71. The second-order valence-electron chi connectivity index (χ2n) is 6.60. The second kappa shape index (κ2) is 6.35. The number of para-hydroxylation sites is 1. The maximum Gasteiger partial charge on any atom is 0.272 e. The van der Waals surface area contributed by atoms with Crippen molar-refractivity contribution in [3.05, 3.63) is 77.5 Å². The topological polar surface area (TPSA) is 77.1 Å². The molecule has 0 aliphatic heterocycles. The van der Waals surface area contributed by atoms with Crippen molar-refractivity contribution in [2.24, 2.45) is 0 Å². The van der Waals surface area contributed by atoms with E-state index in [2.05, 4.69) is 20.6 Å². The van der Waals surface area contributed by atoms with Crippen LogP contribution in [-0.4, -0.2) is 30.3 Å². The number of fused-ring (bicyclic) bond motifs is 2. The first-order valence-corrected chi connectivity index (χ1v) is 9.04. The molecule has 0 atom stereocenters. The fourth-order valence-corrected chi connectivity index (χ4v) is 3.66. The Morgan fingerprint density at radius 2 is 1.89 bits per heavy atom. The first-order valence-electron chi connectivity index (χ1n) is 9.04. The molecular formula is C20H18N6O. The Morgan fingerprint density at radius 1 is 1.04 bits per heavy atom. The first kappa shape index (κ1) is 15.7. The summed E-state index contributed by atoms with van der Waals surface area (Å²) in [6.45, 7) is 0.303. The highest BCUT2D eigenvalue weighted by Crippen LogP contribution is 2.27. The Balaban J connectivity index is 1.42. The van der Waals surface area contributed by atoms with Crippen LogP contribution < -0.4 is 5.32 Å². The maximum absolute atomic E-state index is 12.8. The van der Waals surface area contributed by atoms with E-state index in [9.17, 15) is 4.79 Å². The molecule has 5 rings (SSSR count). The SMILES string of the molecule is O=C(NCc1nnc2ccccn12)c1nn(-c2ccccc2)c2c1CCC2. The lowest BCUT2D eigenvalue weighted by molar-refractivity contribution is 0.0943. The zero-order chi connectivity index (χ0) is 18.2. The Hall–Kier alpha value is -3.48. The lowest BCUT2D eigenvalue weighted by Gasteiger charge is -2.05. The molecule has 3 aromatic heterocycles. The first-order chi connectivity index (χ1) is 13.3. The number of carbonyl (C=O) groups is 1. The summed E-state index contributed by atoms with van der Waals surface area (Å²) < 4.78 is 3.77. The fraction of sp³-hybridized carbons (Fsp3) is 0.200. The van der Waals surface area contributed by atoms with Gasteiger partial charge in [0.1, 0.15) is 0 Å². The summed E-state index contributed by atoms with van der Waals surface area (Å²) in [6.07, 6.45) is 4.77. The van der Waals surface area contributed by atoms with Crippen molar-refractivity contribution in [3.63, 3.8) is 0 Å². The molecular weight excluding hydrogens is 340 g/mol. The smallest absolute Gasteiger partial charge is 0.272 e. The monoisotopic (exact) mass is 358 g/mol. The molecule has 0 radical (unpaired) electrons. The minimum absolute atomic E-state index is 0.171. The van der Waals surface area contributed by atoms with Crippen LogP contribution in [0.15, 0.2) is 54.7 Å². The third-order valence-corrected chi connectivity index (χ3v) is 4.94. The number of nitrogens with one attached hydrogen (secondary N) is 1. The van der Waals surface area contributed by atoms with Gasteiger partial charge in [-0.15, -0.1) is 10.2 Å². The van der Waals surface area contributed by atoms with E-state index in [1.807, 2.05) is 63.8 Å². The van der Waals surface area contributed by atoms with Crippen molar-refractivity contribution in [2.45, 2.75) is 25.8 Å². The van der Waals surface area contributed by atoms with Gasteiger partial charge in [0.15, 0.2) is 17.2 Å². The fourth-order valence-electron chi connectivity index (χ4n) is 3.66. The highest BCUT2D eigenvalue weighted by molar-refractivity contribution is 5.94. The second-order valence-corrected chi connectivity index (χ2v) is 6.60. The third-order valence-electron chi connectivity index (χ3n) is 4.94. The Labute approximate surface area is 155 Å². The van der Waals surface area contributed by atoms with Gasteiger partial charge in [-0.1, -0.05) is 24.3 Å². The number of carbonyl (C=O) groups excluding carboxylic acids is 1. The van der Waals surface area contributed by atoms with Crippen LogP contribution in [0.1, 0.15) is 34.0 Å². The predicted molar refractivity (Wildman–Crippen MR) is 99.7 cm³/mol. The summed E-state index contributed by atoms with van der Waals surface area (Å²) in [5.41, 5.74) is 4.45. The quantitative estimate of drug-likeness (QED) is 0.607. The molecule has 0 bridgehead atoms. The van der Waals surface area contributed by atoms with Crippen LogP contribution in [0.2, 0.25) is 0 Å². The lowest BCUT2D eigenvalue weighted by Crippen LogP contribution is -2.25. The van der Waals surface area contributed by atoms with Crippen LogP contribution >= 0.6 is 0 Å². The van der Waals surface area contributed by atoms with Gasteiger partial charge in [0, 0.05) is 17.5 Å². The van der Waals surface area contributed by atoms with Gasteiger partial charge in [-0.25, -0.2) is 4.68 Å². The number of pyridine rings is 1. The van der Waals surface area contributed by atoms with Crippen molar-refractivity contribution in [2.75, 3.05) is 0 Å². The van der Waals surface area contributed by atoms with Gasteiger partial charge < -0.3 is 5.32 Å². The summed E-state index contributed by atoms with van der Waals surface area (Å²) in [7, 11) is 0. The van der Waals surface area contributed by atoms with E-state index in [1.165, 1.54) is 0 Å². The van der Waals surface area contributed by atoms with Gasteiger partial charge in [0.05, 0.1) is 12.2 Å². The number of rotatable bonds is 4. The minimum Gasteiger partial charge on any atom is -0.343 e. The number of benzene rings is 1. The molecule has 0 unspecified atom stereocenters. The average molecular weight is 358 g/mol. The van der Waals surface area contributed by atoms with E-state index < -0.39 is 0 Å². The van der Waals surface area contributed by atoms with Crippen molar-refractivity contribution >= 4 is 11.6 Å². The molecule has 4 aromatic rings. The van der Waals surface area contributed by atoms with E-state index in [0.29, 0.717) is 18.1 Å². The lowest BCUT2D eigenvalue weighted by atomic mass is 10.2. The van der Waals surface area contributed by atoms with E-state index in [-0.39, 0.29) is 5.91 Å². The van der Waals surface area contributed by atoms with Gasteiger partial charge in [-0.05, 0) is 43.5 Å². The molecule has 27 heavy (non-hydrogen) atoms. The van der Waals surface area contributed by atoms with Gasteiger partial charge in [0.25, 0.3) is 5.91 Å². The van der Waals surface area contributed by atoms with E-state index in [1.54, 1.807) is 0 Å². The zero-order valence-electron chi connectivity index (χ0n) is 14.7. The summed E-state index contributed by atoms with van der Waals surface area (Å²) in [4.78, 5) is 12.8. The predicted octanol–water partition coefficient (Wildman–Crippen LogP) is 2.33. The van der Waals surface area contributed by atoms with Crippen LogP contribution in [-0.2, 0) is 19.4 Å². The molecule has 1 aromatic carbocycles. The summed E-state index contributed by atoms with van der Waals surface area (Å²) >= 11 is 0. The summed E-state index contributed by atoms with van der Waals surface area (Å²) in [6, 6.07) is 15.7. The molecule has 1 amide bonds. The number of hydrogen-bond acceptors (Lipinski definition) is 4. The van der Waals surface area contributed by atoms with Crippen molar-refractivity contribution in [3.8, 4) is 5.69 Å². The Bertz CT molecular complexity index is 1130. The molecule has 1 N–H and O–H groups in total. The van der Waals surface area contributed by atoms with E-state index in [0.717, 1.165) is 41.9 Å². The molecule has 0 saturated carbocycles. The highest BCUT2D eigenvalue weighted by Gasteiger charge is 2.27. The van der Waals surface area contributed by atoms with Gasteiger partial charge in [-0.3, -0.25) is 9.20 Å². The number of nitrogens with zero attached hydrogens (tertiary/aromatic N) is 5. The van der Waals surface area contributed by atoms with Crippen LogP contribution in [0.3, 0.4) is 0 Å². The van der Waals surface area contributed by atoms with Crippen LogP contribution in [0, 0.1) is 0 Å². The number of aromatic nitrogens is 5. The number of hydrogen-bond donors (Lipinski definition) is 1. The molecule has 1 aliphatic carbocycles. The van der Waals surface area contributed by atoms with Crippen molar-refractivity contribution in [1.82, 2.24) is 29.7 Å². The number of amides is 1. The largest absolute Gasteiger partial charge is 0.343 e. The van der Waals surface area contributed by atoms with Crippen LogP contribution in [0.5, 0.6) is 0 Å². The van der Waals surface area contributed by atoms with Gasteiger partial charge in [0.2, 0.25) is 0 Å². The molecule has 0 fully saturated rings. The normalized spacial score (nSPS) is 13.0. The molecule has 3 heterocycles. The van der Waals surface area contributed by atoms with Crippen molar-refractivity contribution in [1.29, 1.82) is 0 Å². The third kappa shape index (κ3) is 2.68. The molecule has 1 aliphatic rings. The molecule has 0 saturated heterocycles. The van der Waals surface area contributed by atoms with E-state index in [4.69, 9.17) is 0 Å². The zero-order valence-corrected chi connectivity index (χ0v) is 14.7. The van der Waals surface area contributed by atoms with Crippen LogP contribution in [0.25, 0.3) is 11.3 Å². The minimum atomic E-state index is -0.171. The Morgan fingerprint density at radius 3 is 2.78 bits per heavy atom. The molecule has 7 heteroatoms. The average Bonchev–Trinajstić information content (AvgIpc) is 3.42. The van der Waals surface area contributed by atoms with Gasteiger partial charge in [-0.2, -0.15) is 5.10 Å². The molecule has 7 nitrogen and oxygen atoms in total. The van der Waals surface area contributed by atoms with Crippen molar-refractivity contribution < 1.29 is 4.79 Å².